The van der Waals surface area contributed by atoms with Gasteiger partial charge in [-0.05, 0) is 57.6 Å². The number of hydrogen-bond donors (Lipinski definition) is 0. The van der Waals surface area contributed by atoms with Crippen molar-refractivity contribution in [2.75, 3.05) is 37.7 Å². The van der Waals surface area contributed by atoms with Crippen LogP contribution in [0.25, 0.3) is 11.0 Å². The highest BCUT2D eigenvalue weighted by atomic mass is 16.5. The normalized spacial score (nSPS) is 26.6. The van der Waals surface area contributed by atoms with Crippen LogP contribution in [-0.4, -0.2) is 82.1 Å². The summed E-state index contributed by atoms with van der Waals surface area (Å²) in [6, 6.07) is 9.80. The van der Waals surface area contributed by atoms with Gasteiger partial charge in [0.25, 0.3) is 5.56 Å². The van der Waals surface area contributed by atoms with Crippen LogP contribution in [-0.2, 0) is 14.3 Å². The lowest BCUT2D eigenvalue weighted by Crippen LogP contribution is -2.54. The molecule has 1 saturated carbocycles. The molecule has 40 heavy (non-hydrogen) atoms. The smallest absolute Gasteiger partial charge is 0.325 e. The second-order valence-electron chi connectivity index (χ2n) is 12.1. The van der Waals surface area contributed by atoms with Crippen LogP contribution in [0.1, 0.15) is 83.6 Å². The van der Waals surface area contributed by atoms with Crippen LogP contribution in [0, 0.1) is 0 Å². The number of anilines is 1. The maximum Gasteiger partial charge on any atom is 0.325 e. The van der Waals surface area contributed by atoms with Gasteiger partial charge in [-0.25, -0.2) is 4.98 Å². The number of benzene rings is 1. The molecule has 0 spiro atoms. The van der Waals surface area contributed by atoms with E-state index >= 15 is 0 Å². The van der Waals surface area contributed by atoms with Crippen molar-refractivity contribution >= 4 is 28.7 Å². The van der Waals surface area contributed by atoms with Crippen molar-refractivity contribution in [2.45, 2.75) is 102 Å². The maximum atomic E-state index is 14.2. The summed E-state index contributed by atoms with van der Waals surface area (Å²) in [5, 5.41) is 0. The van der Waals surface area contributed by atoms with Gasteiger partial charge in [-0.3, -0.25) is 19.3 Å². The molecule has 4 aliphatic rings. The van der Waals surface area contributed by atoms with Gasteiger partial charge < -0.3 is 19.1 Å². The Hall–Kier alpha value is -2.94. The Labute approximate surface area is 236 Å². The SMILES string of the molecule is CCOC(=O)CN1CCN(c2nc3ccccc3n(C3CC4CC[C@@H](C3)N4C3CCCCCCC3)c2=O)CC1=O. The maximum absolute atomic E-state index is 14.2. The van der Waals surface area contributed by atoms with E-state index < -0.39 is 5.97 Å². The third-order valence-electron chi connectivity index (χ3n) is 9.65. The standard InChI is InChI=1S/C31H43N5O4/c1-2-40-29(38)21-33-16-17-34(20-28(33)37)30-31(39)36(27-13-9-8-12-26(27)32-30)25-18-23-14-15-24(19-25)35(23)22-10-6-4-3-5-7-11-22/h8-9,12-13,22-25H,2-7,10-11,14-21H2,1H3/t23-,24?,25?/m0/s1. The Morgan fingerprint density at radius 3 is 2.30 bits per heavy atom. The number of hydrogen-bond acceptors (Lipinski definition) is 7. The van der Waals surface area contributed by atoms with E-state index in [0.717, 1.165) is 23.9 Å². The molecule has 2 aromatic rings. The van der Waals surface area contributed by atoms with Crippen molar-refractivity contribution in [3.05, 3.63) is 34.6 Å². The van der Waals surface area contributed by atoms with E-state index in [1.54, 1.807) is 11.8 Å². The summed E-state index contributed by atoms with van der Waals surface area (Å²) in [6.45, 7) is 2.83. The zero-order valence-electron chi connectivity index (χ0n) is 23.8. The first-order valence-electron chi connectivity index (χ1n) is 15.5. The Morgan fingerprint density at radius 1 is 0.900 bits per heavy atom. The third kappa shape index (κ3) is 5.37. The summed E-state index contributed by atoms with van der Waals surface area (Å²) >= 11 is 0. The Bertz CT molecular complexity index is 1270. The van der Waals surface area contributed by atoms with E-state index in [0.29, 0.717) is 37.0 Å². The molecule has 6 rings (SSSR count). The molecule has 4 fully saturated rings. The average Bonchev–Trinajstić information content (AvgIpc) is 3.18. The van der Waals surface area contributed by atoms with Crippen LogP contribution in [0.5, 0.6) is 0 Å². The number of carbonyl (C=O) groups excluding carboxylic acids is 2. The van der Waals surface area contributed by atoms with Gasteiger partial charge in [0, 0.05) is 37.3 Å². The molecular weight excluding hydrogens is 506 g/mol. The molecule has 2 unspecified atom stereocenters. The van der Waals surface area contributed by atoms with E-state index in [1.807, 2.05) is 28.8 Å². The van der Waals surface area contributed by atoms with Crippen LogP contribution in [0.2, 0.25) is 0 Å². The van der Waals surface area contributed by atoms with Gasteiger partial charge in [-0.15, -0.1) is 0 Å². The quantitative estimate of drug-likeness (QED) is 0.505. The van der Waals surface area contributed by atoms with Gasteiger partial charge in [-0.2, -0.15) is 0 Å². The van der Waals surface area contributed by atoms with E-state index in [9.17, 15) is 14.4 Å². The fourth-order valence-corrected chi connectivity index (χ4v) is 7.85. The van der Waals surface area contributed by atoms with Crippen molar-refractivity contribution in [1.82, 2.24) is 19.4 Å². The van der Waals surface area contributed by atoms with Gasteiger partial charge in [0.15, 0.2) is 5.82 Å². The number of fused-ring (bicyclic) bond motifs is 3. The van der Waals surface area contributed by atoms with Gasteiger partial charge in [-0.1, -0.05) is 44.2 Å². The minimum absolute atomic E-state index is 0.0331. The molecule has 4 heterocycles. The van der Waals surface area contributed by atoms with Crippen molar-refractivity contribution < 1.29 is 14.3 Å². The monoisotopic (exact) mass is 549 g/mol. The minimum atomic E-state index is -0.407. The highest BCUT2D eigenvalue weighted by Crippen LogP contribution is 2.44. The fraction of sp³-hybridized carbons (Fsp3) is 0.677. The average molecular weight is 550 g/mol. The minimum Gasteiger partial charge on any atom is -0.465 e. The molecule has 3 atom stereocenters. The number of aromatic nitrogens is 2. The van der Waals surface area contributed by atoms with Gasteiger partial charge in [0.1, 0.15) is 6.54 Å². The predicted molar refractivity (Wildman–Crippen MR) is 154 cm³/mol. The number of nitrogens with zero attached hydrogens (tertiary/aromatic N) is 5. The predicted octanol–water partition coefficient (Wildman–Crippen LogP) is 3.89. The lowest BCUT2D eigenvalue weighted by molar-refractivity contribution is -0.149. The number of para-hydroxylation sites is 2. The zero-order chi connectivity index (χ0) is 27.6. The van der Waals surface area contributed by atoms with Crippen LogP contribution in [0.15, 0.2) is 29.1 Å². The zero-order valence-corrected chi connectivity index (χ0v) is 23.8. The van der Waals surface area contributed by atoms with Crippen LogP contribution < -0.4 is 10.5 Å². The second-order valence-corrected chi connectivity index (χ2v) is 12.1. The largest absolute Gasteiger partial charge is 0.465 e. The molecule has 1 aromatic carbocycles. The highest BCUT2D eigenvalue weighted by molar-refractivity contribution is 5.86. The molecule has 1 aromatic heterocycles. The number of piperazine rings is 1. The van der Waals surface area contributed by atoms with Crippen molar-refractivity contribution in [3.63, 3.8) is 0 Å². The van der Waals surface area contributed by atoms with Gasteiger partial charge in [0.05, 0.1) is 24.2 Å². The first-order valence-corrected chi connectivity index (χ1v) is 15.5. The number of esters is 1. The topological polar surface area (TPSA) is 88.0 Å². The summed E-state index contributed by atoms with van der Waals surface area (Å²) in [4.78, 5) is 50.0. The Kier molecular flexibility index (Phi) is 8.10. The molecule has 3 saturated heterocycles. The fourth-order valence-electron chi connectivity index (χ4n) is 7.85. The number of rotatable bonds is 6. The second kappa shape index (κ2) is 11.9. The number of piperidine rings is 1. The van der Waals surface area contributed by atoms with Gasteiger partial charge in [0.2, 0.25) is 5.91 Å². The molecule has 0 radical (unpaired) electrons. The molecule has 9 heteroatoms. The first kappa shape index (κ1) is 27.2. The lowest BCUT2D eigenvalue weighted by Gasteiger charge is -2.45. The van der Waals surface area contributed by atoms with Crippen LogP contribution in [0.4, 0.5) is 5.82 Å². The Balaban J connectivity index is 1.25. The molecule has 0 N–H and O–H groups in total. The van der Waals surface area contributed by atoms with Crippen LogP contribution in [0.3, 0.4) is 0 Å². The molecule has 9 nitrogen and oxygen atoms in total. The van der Waals surface area contributed by atoms with Crippen LogP contribution >= 0.6 is 0 Å². The molecule has 2 bridgehead atoms. The van der Waals surface area contributed by atoms with E-state index in [-0.39, 0.29) is 37.2 Å². The summed E-state index contributed by atoms with van der Waals surface area (Å²) in [7, 11) is 0. The van der Waals surface area contributed by atoms with E-state index in [4.69, 9.17) is 9.72 Å². The molecular formula is C31H43N5O4. The lowest BCUT2D eigenvalue weighted by atomic mass is 9.89. The summed E-state index contributed by atoms with van der Waals surface area (Å²) < 4.78 is 7.03. The summed E-state index contributed by atoms with van der Waals surface area (Å²) in [6.07, 6.45) is 13.9. The first-order chi connectivity index (χ1) is 19.5. The van der Waals surface area contributed by atoms with E-state index in [2.05, 4.69) is 4.90 Å². The molecule has 216 valence electrons. The molecule has 1 aliphatic carbocycles. The number of carbonyl (C=O) groups is 2. The molecule has 1 amide bonds. The number of amides is 1. The van der Waals surface area contributed by atoms with Crippen molar-refractivity contribution in [1.29, 1.82) is 0 Å². The highest BCUT2D eigenvalue weighted by Gasteiger charge is 2.44. The summed E-state index contributed by atoms with van der Waals surface area (Å²) in [5.41, 5.74) is 1.56. The summed E-state index contributed by atoms with van der Waals surface area (Å²) in [5.74, 6) is -0.251. The third-order valence-corrected chi connectivity index (χ3v) is 9.65. The molecule has 3 aliphatic heterocycles. The van der Waals surface area contributed by atoms with Gasteiger partial charge >= 0.3 is 5.97 Å². The van der Waals surface area contributed by atoms with E-state index in [1.165, 1.54) is 62.7 Å². The number of ether oxygens (including phenoxy) is 1. The van der Waals surface area contributed by atoms with Crippen molar-refractivity contribution in [2.24, 2.45) is 0 Å². The Morgan fingerprint density at radius 2 is 1.60 bits per heavy atom. The van der Waals surface area contributed by atoms with Crippen molar-refractivity contribution in [3.8, 4) is 0 Å².